The van der Waals surface area contributed by atoms with Crippen LogP contribution in [0.15, 0.2) is 0 Å². The van der Waals surface area contributed by atoms with Crippen LogP contribution in [0, 0.1) is 0 Å². The van der Waals surface area contributed by atoms with Crippen molar-refractivity contribution in [2.75, 3.05) is 0 Å². The van der Waals surface area contributed by atoms with Gasteiger partial charge in [-0.15, -0.1) is 0 Å². The van der Waals surface area contributed by atoms with Crippen molar-refractivity contribution in [2.24, 2.45) is 0 Å². The molecule has 0 rings (SSSR count). The minimum atomic E-state index is -4.50. The zero-order valence-corrected chi connectivity index (χ0v) is 5.71. The number of rotatable bonds is 0. The van der Waals surface area contributed by atoms with Gasteiger partial charge < -0.3 is 12.9 Å². The van der Waals surface area contributed by atoms with Crippen LogP contribution in [0.3, 0.4) is 0 Å². The summed E-state index contributed by atoms with van der Waals surface area (Å²) in [7, 11) is 0. The topological polar surface area (TPSA) is 0 Å². The molecule has 0 N–H and O–H groups in total. The third-order valence-electron chi connectivity index (χ3n) is 0. The first-order chi connectivity index (χ1) is 2.00. The summed E-state index contributed by atoms with van der Waals surface area (Å²) >= 11 is 0. The molecule has 5 heteroatoms. The first-order valence-corrected chi connectivity index (χ1v) is 1.23. The van der Waals surface area contributed by atoms with Crippen LogP contribution in [0.2, 0.25) is 6.82 Å². The molecule has 6 heavy (non-hydrogen) atoms. The van der Waals surface area contributed by atoms with Gasteiger partial charge in [-0.1, -0.05) is 6.82 Å². The van der Waals surface area contributed by atoms with Gasteiger partial charge in [-0.3, -0.25) is 0 Å². The third kappa shape index (κ3) is 98.7. The molecule has 0 aliphatic heterocycles. The van der Waals surface area contributed by atoms with Crippen LogP contribution in [-0.4, -0.2) is 6.98 Å². The number of hydrogen-bond acceptors (Lipinski definition) is 0. The molecular weight excluding hydrogens is 103 g/mol. The molecule has 0 amide bonds. The molecule has 0 aromatic heterocycles. The molecule has 0 unspecified atom stereocenters. The predicted octanol–water partition coefficient (Wildman–Crippen LogP) is -1.53. The van der Waals surface area contributed by atoms with E-state index < -0.39 is 6.98 Å². The van der Waals surface area contributed by atoms with E-state index in [1.807, 2.05) is 0 Å². The van der Waals surface area contributed by atoms with E-state index >= 15 is 0 Å². The van der Waals surface area contributed by atoms with Gasteiger partial charge in [0.15, 0.2) is 0 Å². The summed E-state index contributed by atoms with van der Waals surface area (Å²) in [6.07, 6.45) is 0. The van der Waals surface area contributed by atoms with E-state index in [0.29, 0.717) is 0 Å². The van der Waals surface area contributed by atoms with E-state index in [-0.39, 0.29) is 36.4 Å². The molecule has 0 radical (unpaired) electrons. The maximum absolute atomic E-state index is 10.4. The molecular formula is CH3BF3Na. The van der Waals surface area contributed by atoms with Crippen molar-refractivity contribution in [3.63, 3.8) is 0 Å². The second-order valence-corrected chi connectivity index (χ2v) is 0.902. The van der Waals surface area contributed by atoms with Crippen LogP contribution >= 0.6 is 0 Å². The normalized spacial score (nSPS) is 10.0. The molecule has 0 aromatic carbocycles. The fourth-order valence-corrected chi connectivity index (χ4v) is 0. The van der Waals surface area contributed by atoms with Crippen molar-refractivity contribution in [2.45, 2.75) is 6.82 Å². The predicted molar refractivity (Wildman–Crippen MR) is 14.9 cm³/mol. The molecule has 0 saturated heterocycles. The van der Waals surface area contributed by atoms with E-state index in [2.05, 4.69) is 0 Å². The SMILES string of the molecule is C[B-](F)(F)F.[Na+]. The van der Waals surface area contributed by atoms with E-state index in [0.717, 1.165) is 0 Å². The van der Waals surface area contributed by atoms with E-state index in [4.69, 9.17) is 0 Å². The Labute approximate surface area is 56.5 Å². The third-order valence-corrected chi connectivity index (χ3v) is 0. The maximum atomic E-state index is 10.4. The van der Waals surface area contributed by atoms with Crippen molar-refractivity contribution < 1.29 is 42.5 Å². The van der Waals surface area contributed by atoms with E-state index in [1.165, 1.54) is 0 Å². The summed E-state index contributed by atoms with van der Waals surface area (Å²) in [6.45, 7) is -4.25. The summed E-state index contributed by atoms with van der Waals surface area (Å²) in [4.78, 5) is 0. The Morgan fingerprint density at radius 2 is 1.17 bits per heavy atom. The second-order valence-electron chi connectivity index (χ2n) is 0.902. The fraction of sp³-hybridized carbons (Fsp3) is 1.00. The van der Waals surface area contributed by atoms with Crippen molar-refractivity contribution in [3.8, 4) is 0 Å². The molecule has 0 aliphatic carbocycles. The summed E-state index contributed by atoms with van der Waals surface area (Å²) in [5.41, 5.74) is 0. The van der Waals surface area contributed by atoms with Crippen molar-refractivity contribution in [1.29, 1.82) is 0 Å². The minimum Gasteiger partial charge on any atom is -0.449 e. The van der Waals surface area contributed by atoms with Crippen LogP contribution in [-0.2, 0) is 0 Å². The fourth-order valence-electron chi connectivity index (χ4n) is 0. The molecule has 0 heterocycles. The zero-order valence-electron chi connectivity index (χ0n) is 3.71. The minimum absolute atomic E-state index is 0. The maximum Gasteiger partial charge on any atom is 1.00 e. The van der Waals surface area contributed by atoms with Crippen molar-refractivity contribution >= 4 is 6.98 Å². The van der Waals surface area contributed by atoms with Gasteiger partial charge in [-0.05, 0) is 0 Å². The van der Waals surface area contributed by atoms with Gasteiger partial charge in [-0.2, -0.15) is 0 Å². The summed E-state index contributed by atoms with van der Waals surface area (Å²) in [5.74, 6) is 0. The Morgan fingerprint density at radius 1 is 1.17 bits per heavy atom. The molecule has 0 aromatic rings. The smallest absolute Gasteiger partial charge is 0.449 e. The average molecular weight is 106 g/mol. The monoisotopic (exact) mass is 106 g/mol. The van der Waals surface area contributed by atoms with Crippen LogP contribution in [0.1, 0.15) is 0 Å². The van der Waals surface area contributed by atoms with Gasteiger partial charge >= 0.3 is 36.5 Å². The molecule has 32 valence electrons. The van der Waals surface area contributed by atoms with Gasteiger partial charge in [-0.25, -0.2) is 0 Å². The molecule has 0 nitrogen and oxygen atoms in total. The molecule has 0 fully saturated rings. The van der Waals surface area contributed by atoms with Gasteiger partial charge in [0, 0.05) is 0 Å². The van der Waals surface area contributed by atoms with Crippen molar-refractivity contribution in [1.82, 2.24) is 0 Å². The number of hydrogen-bond donors (Lipinski definition) is 0. The Morgan fingerprint density at radius 3 is 1.17 bits per heavy atom. The van der Waals surface area contributed by atoms with Crippen LogP contribution in [0.25, 0.3) is 0 Å². The molecule has 0 saturated carbocycles. The second kappa shape index (κ2) is 2.94. The zero-order chi connectivity index (χ0) is 4.50. The number of halogens is 3. The molecule has 0 aliphatic rings. The van der Waals surface area contributed by atoms with Gasteiger partial charge in [0.25, 0.3) is 0 Å². The molecule has 0 bridgehead atoms. The quantitative estimate of drug-likeness (QED) is 0.328. The Bertz CT molecular complexity index is 26.3. The average Bonchev–Trinajstić information content (AvgIpc) is 0.722. The summed E-state index contributed by atoms with van der Waals surface area (Å²) < 4.78 is 31.2. The van der Waals surface area contributed by atoms with Crippen LogP contribution < -0.4 is 29.6 Å². The van der Waals surface area contributed by atoms with Gasteiger partial charge in [0.1, 0.15) is 0 Å². The van der Waals surface area contributed by atoms with Crippen LogP contribution in [0.5, 0.6) is 0 Å². The summed E-state index contributed by atoms with van der Waals surface area (Å²) in [6, 6.07) is 0. The van der Waals surface area contributed by atoms with Gasteiger partial charge in [0.05, 0.1) is 0 Å². The Balaban J connectivity index is 0. The summed E-state index contributed by atoms with van der Waals surface area (Å²) in [5, 5.41) is 0. The molecule has 0 spiro atoms. The van der Waals surface area contributed by atoms with E-state index in [1.54, 1.807) is 0 Å². The standard InChI is InChI=1S/CH3BF3.Na/c1-2(3,4)5;/h1H3;/q-1;+1. The van der Waals surface area contributed by atoms with Gasteiger partial charge in [0.2, 0.25) is 0 Å². The largest absolute Gasteiger partial charge is 1.00 e. The Kier molecular flexibility index (Phi) is 4.88. The first kappa shape index (κ1) is 9.97. The van der Waals surface area contributed by atoms with Crippen LogP contribution in [0.4, 0.5) is 12.9 Å². The van der Waals surface area contributed by atoms with E-state index in [9.17, 15) is 12.9 Å². The van der Waals surface area contributed by atoms with Crippen molar-refractivity contribution in [3.05, 3.63) is 0 Å². The Hall–Kier alpha value is 0.855. The molecule has 0 atom stereocenters. The first-order valence-electron chi connectivity index (χ1n) is 1.23.